The molecule has 0 bridgehead atoms. The molecule has 0 nitrogen and oxygen atoms in total. The Bertz CT molecular complexity index is 270. The van der Waals surface area contributed by atoms with Gasteiger partial charge >= 0.3 is 0 Å². The van der Waals surface area contributed by atoms with E-state index in [1.807, 2.05) is 0 Å². The van der Waals surface area contributed by atoms with Crippen LogP contribution in [0.25, 0.3) is 0 Å². The summed E-state index contributed by atoms with van der Waals surface area (Å²) in [6.07, 6.45) is 5.33. The van der Waals surface area contributed by atoms with Crippen LogP contribution >= 0.6 is 0 Å². The van der Waals surface area contributed by atoms with Crippen molar-refractivity contribution in [2.75, 3.05) is 0 Å². The van der Waals surface area contributed by atoms with Crippen LogP contribution < -0.4 is 0 Å². The number of hydrogen-bond donors (Lipinski definition) is 0. The molecule has 0 aromatic heterocycles. The van der Waals surface area contributed by atoms with Crippen molar-refractivity contribution in [3.05, 3.63) is 47.5 Å². The minimum absolute atomic E-state index is 0.635. The molecule has 0 spiro atoms. The summed E-state index contributed by atoms with van der Waals surface area (Å²) >= 11 is 0. The number of allylic oxidation sites excluding steroid dienone is 2. The van der Waals surface area contributed by atoms with E-state index in [0.29, 0.717) is 5.82 Å². The predicted molar refractivity (Wildman–Crippen MR) is 61.9 cm³/mol. The average molecular weight is 172 g/mol. The summed E-state index contributed by atoms with van der Waals surface area (Å²) in [5.41, 5.74) is 2.81. The van der Waals surface area contributed by atoms with Crippen LogP contribution in [0.5, 0.6) is 0 Å². The summed E-state index contributed by atoms with van der Waals surface area (Å²) in [7, 11) is 2.22. The topological polar surface area (TPSA) is 0 Å². The third kappa shape index (κ3) is 3.10. The van der Waals surface area contributed by atoms with Gasteiger partial charge in [-0.2, -0.15) is 0 Å². The lowest BCUT2D eigenvalue weighted by Crippen LogP contribution is -1.91. The molecule has 1 atom stereocenters. The lowest BCUT2D eigenvalue weighted by Gasteiger charge is -2.05. The maximum Gasteiger partial charge on any atom is 0.110 e. The van der Waals surface area contributed by atoms with E-state index < -0.39 is 0 Å². The Morgan fingerprint density at radius 1 is 1.31 bits per heavy atom. The molecule has 0 fully saturated rings. The third-order valence-corrected chi connectivity index (χ3v) is 2.24. The van der Waals surface area contributed by atoms with Gasteiger partial charge in [0.25, 0.3) is 0 Å². The Kier molecular flexibility index (Phi) is 3.82. The van der Waals surface area contributed by atoms with E-state index in [0.717, 1.165) is 6.42 Å². The van der Waals surface area contributed by atoms with Crippen molar-refractivity contribution in [1.82, 2.24) is 0 Å². The summed E-state index contributed by atoms with van der Waals surface area (Å²) < 4.78 is 0. The first-order chi connectivity index (χ1) is 6.24. The SMILES string of the molecule is BC(C)c1ccc(C/C=C\C)cc1. The van der Waals surface area contributed by atoms with Crippen molar-refractivity contribution < 1.29 is 0 Å². The third-order valence-electron chi connectivity index (χ3n) is 2.24. The van der Waals surface area contributed by atoms with Gasteiger partial charge in [0.1, 0.15) is 7.85 Å². The second kappa shape index (κ2) is 4.91. The fourth-order valence-electron chi connectivity index (χ4n) is 1.29. The molecule has 1 aromatic rings. The minimum atomic E-state index is 0.635. The van der Waals surface area contributed by atoms with Gasteiger partial charge in [-0.1, -0.05) is 48.9 Å². The van der Waals surface area contributed by atoms with Gasteiger partial charge in [0, 0.05) is 0 Å². The highest BCUT2D eigenvalue weighted by molar-refractivity contribution is 6.12. The zero-order valence-corrected chi connectivity index (χ0v) is 8.75. The molecule has 0 aliphatic carbocycles. The zero-order valence-electron chi connectivity index (χ0n) is 8.75. The van der Waals surface area contributed by atoms with Gasteiger partial charge in [-0.3, -0.25) is 0 Å². The fraction of sp³-hybridized carbons (Fsp3) is 0.333. The van der Waals surface area contributed by atoms with Crippen LogP contribution in [-0.4, -0.2) is 7.85 Å². The van der Waals surface area contributed by atoms with E-state index in [2.05, 4.69) is 58.1 Å². The Labute approximate surface area is 82.1 Å². The molecule has 68 valence electrons. The molecule has 0 N–H and O–H groups in total. The molecule has 0 radical (unpaired) electrons. The van der Waals surface area contributed by atoms with E-state index in [4.69, 9.17) is 0 Å². The first-order valence-electron chi connectivity index (χ1n) is 4.94. The van der Waals surface area contributed by atoms with Gasteiger partial charge in [-0.25, -0.2) is 0 Å². The quantitative estimate of drug-likeness (QED) is 0.485. The predicted octanol–water partition coefficient (Wildman–Crippen LogP) is 2.50. The summed E-state index contributed by atoms with van der Waals surface area (Å²) in [5.74, 6) is 0.635. The van der Waals surface area contributed by atoms with Crippen molar-refractivity contribution in [3.63, 3.8) is 0 Å². The van der Waals surface area contributed by atoms with Gasteiger partial charge in [0.2, 0.25) is 0 Å². The second-order valence-electron chi connectivity index (χ2n) is 3.67. The molecule has 1 aromatic carbocycles. The fourth-order valence-corrected chi connectivity index (χ4v) is 1.29. The van der Waals surface area contributed by atoms with Gasteiger partial charge < -0.3 is 0 Å². The number of rotatable bonds is 3. The van der Waals surface area contributed by atoms with Gasteiger partial charge in [0.05, 0.1) is 0 Å². The molecule has 0 saturated carbocycles. The maximum absolute atomic E-state index is 2.23. The summed E-state index contributed by atoms with van der Waals surface area (Å²) in [4.78, 5) is 0. The number of benzene rings is 1. The van der Waals surface area contributed by atoms with E-state index in [-0.39, 0.29) is 0 Å². The van der Waals surface area contributed by atoms with Crippen molar-refractivity contribution in [3.8, 4) is 0 Å². The second-order valence-corrected chi connectivity index (χ2v) is 3.67. The molecule has 0 aliphatic heterocycles. The van der Waals surface area contributed by atoms with Gasteiger partial charge in [-0.05, 0) is 24.7 Å². The van der Waals surface area contributed by atoms with Crippen LogP contribution in [-0.2, 0) is 6.42 Å². The molecule has 0 heterocycles. The first kappa shape index (κ1) is 10.1. The van der Waals surface area contributed by atoms with E-state index in [9.17, 15) is 0 Å². The molecule has 0 amide bonds. The monoisotopic (exact) mass is 172 g/mol. The van der Waals surface area contributed by atoms with Crippen LogP contribution in [0.3, 0.4) is 0 Å². The molecule has 0 aliphatic rings. The maximum atomic E-state index is 2.23. The van der Waals surface area contributed by atoms with Crippen LogP contribution in [0.2, 0.25) is 0 Å². The van der Waals surface area contributed by atoms with E-state index in [1.165, 1.54) is 11.1 Å². The molecular formula is C12H17B. The van der Waals surface area contributed by atoms with Crippen molar-refractivity contribution >= 4 is 7.85 Å². The highest BCUT2D eigenvalue weighted by atomic mass is 14.0. The molecule has 1 unspecified atom stereocenters. The van der Waals surface area contributed by atoms with Gasteiger partial charge in [0.15, 0.2) is 0 Å². The molecule has 13 heavy (non-hydrogen) atoms. The highest BCUT2D eigenvalue weighted by Gasteiger charge is 1.97. The highest BCUT2D eigenvalue weighted by Crippen LogP contribution is 2.12. The summed E-state index contributed by atoms with van der Waals surface area (Å²) in [6.45, 7) is 4.28. The zero-order chi connectivity index (χ0) is 9.68. The Morgan fingerprint density at radius 2 is 1.92 bits per heavy atom. The molecule has 1 rings (SSSR count). The lowest BCUT2D eigenvalue weighted by atomic mass is 9.83. The van der Waals surface area contributed by atoms with Crippen LogP contribution in [0.15, 0.2) is 36.4 Å². The largest absolute Gasteiger partial charge is 0.110 e. The molecule has 0 saturated heterocycles. The molecule has 1 heteroatoms. The van der Waals surface area contributed by atoms with Crippen LogP contribution in [0, 0.1) is 0 Å². The van der Waals surface area contributed by atoms with Crippen molar-refractivity contribution in [1.29, 1.82) is 0 Å². The molecular weight excluding hydrogens is 155 g/mol. The normalized spacial score (nSPS) is 13.4. The van der Waals surface area contributed by atoms with Crippen molar-refractivity contribution in [2.24, 2.45) is 0 Å². The van der Waals surface area contributed by atoms with E-state index >= 15 is 0 Å². The first-order valence-corrected chi connectivity index (χ1v) is 4.94. The Balaban J connectivity index is 2.69. The average Bonchev–Trinajstić information content (AvgIpc) is 2.15. The smallest absolute Gasteiger partial charge is 0.0913 e. The van der Waals surface area contributed by atoms with Crippen LogP contribution in [0.4, 0.5) is 0 Å². The Morgan fingerprint density at radius 3 is 2.38 bits per heavy atom. The van der Waals surface area contributed by atoms with Crippen LogP contribution in [0.1, 0.15) is 30.8 Å². The summed E-state index contributed by atoms with van der Waals surface area (Å²) in [5, 5.41) is 0. The number of hydrogen-bond acceptors (Lipinski definition) is 0. The summed E-state index contributed by atoms with van der Waals surface area (Å²) in [6, 6.07) is 8.89. The van der Waals surface area contributed by atoms with E-state index in [1.54, 1.807) is 0 Å². The van der Waals surface area contributed by atoms with Crippen molar-refractivity contribution in [2.45, 2.75) is 26.1 Å². The standard InChI is InChI=1S/C12H17B/c1-3-4-5-11-6-8-12(9-7-11)10(2)13/h3-4,6-10H,5,13H2,1-2H3/b4-3-. The Hall–Kier alpha value is -0.975. The minimum Gasteiger partial charge on any atom is -0.0913 e. The lowest BCUT2D eigenvalue weighted by molar-refractivity contribution is 1.07. The van der Waals surface area contributed by atoms with Gasteiger partial charge in [-0.15, -0.1) is 0 Å².